The van der Waals surface area contributed by atoms with Crippen molar-refractivity contribution in [3.63, 3.8) is 0 Å². The first-order chi connectivity index (χ1) is 4.79. The molecule has 0 aromatic carbocycles. The van der Waals surface area contributed by atoms with Gasteiger partial charge >= 0.3 is 0 Å². The lowest BCUT2D eigenvalue weighted by Crippen LogP contribution is -1.86. The van der Waals surface area contributed by atoms with Crippen LogP contribution in [-0.4, -0.2) is 4.98 Å². The molecule has 1 aromatic rings. The number of aromatic nitrogens is 1. The molecule has 1 aromatic heterocycles. The summed E-state index contributed by atoms with van der Waals surface area (Å²) in [6, 6.07) is 5.81. The number of nitrogens with zero attached hydrogens (tertiary/aromatic N) is 1. The lowest BCUT2D eigenvalue weighted by atomic mass is 10.3. The van der Waals surface area contributed by atoms with Crippen LogP contribution in [0.3, 0.4) is 0 Å². The topological polar surface area (TPSA) is 12.9 Å². The third kappa shape index (κ3) is 2.23. The van der Waals surface area contributed by atoms with E-state index >= 15 is 0 Å². The van der Waals surface area contributed by atoms with Crippen LogP contribution in [0.5, 0.6) is 0 Å². The van der Waals surface area contributed by atoms with Gasteiger partial charge in [0, 0.05) is 18.3 Å². The summed E-state index contributed by atoms with van der Waals surface area (Å²) in [6.45, 7) is 3.67. The molecule has 0 N–H and O–H groups in total. The van der Waals surface area contributed by atoms with Gasteiger partial charge in [-0.1, -0.05) is 12.6 Å². The summed E-state index contributed by atoms with van der Waals surface area (Å²) in [5.41, 5.74) is 1.02. The van der Waals surface area contributed by atoms with E-state index in [4.69, 9.17) is 0 Å². The summed E-state index contributed by atoms with van der Waals surface area (Å²) in [5.74, 6) is 0. The number of thiol groups is 1. The van der Waals surface area contributed by atoms with Crippen molar-refractivity contribution < 1.29 is 0 Å². The SMILES string of the molecule is C=C(S)Cc1ccccn1. The lowest BCUT2D eigenvalue weighted by molar-refractivity contribution is 1.10. The Balaban J connectivity index is 2.67. The maximum atomic E-state index is 4.11. The molecule has 0 saturated carbocycles. The minimum absolute atomic E-state index is 0.754. The molecular weight excluding hydrogens is 142 g/mol. The van der Waals surface area contributed by atoms with Crippen LogP contribution in [0.25, 0.3) is 0 Å². The molecular formula is C8H9NS. The zero-order chi connectivity index (χ0) is 7.40. The molecule has 2 heteroatoms. The van der Waals surface area contributed by atoms with E-state index in [-0.39, 0.29) is 0 Å². The van der Waals surface area contributed by atoms with Gasteiger partial charge in [0.25, 0.3) is 0 Å². The highest BCUT2D eigenvalue weighted by Crippen LogP contribution is 2.04. The van der Waals surface area contributed by atoms with E-state index in [9.17, 15) is 0 Å². The highest BCUT2D eigenvalue weighted by atomic mass is 32.1. The number of hydrogen-bond donors (Lipinski definition) is 1. The highest BCUT2D eigenvalue weighted by molar-refractivity contribution is 7.84. The highest BCUT2D eigenvalue weighted by Gasteiger charge is 1.91. The average Bonchev–Trinajstić information content (AvgIpc) is 1.88. The van der Waals surface area contributed by atoms with Crippen LogP contribution in [0.2, 0.25) is 0 Å². The normalized spacial score (nSPS) is 9.30. The molecule has 0 radical (unpaired) electrons. The molecule has 10 heavy (non-hydrogen) atoms. The standard InChI is InChI=1S/C8H9NS/c1-7(10)6-8-4-2-3-5-9-8/h2-5,10H,1,6H2. The fourth-order valence-electron chi connectivity index (χ4n) is 0.712. The third-order valence-electron chi connectivity index (χ3n) is 1.11. The molecule has 0 fully saturated rings. The Morgan fingerprint density at radius 2 is 2.40 bits per heavy atom. The molecule has 0 aliphatic rings. The number of pyridine rings is 1. The van der Waals surface area contributed by atoms with E-state index in [1.807, 2.05) is 18.2 Å². The Kier molecular flexibility index (Phi) is 2.51. The van der Waals surface area contributed by atoms with Crippen LogP contribution in [0.15, 0.2) is 35.9 Å². The number of allylic oxidation sites excluding steroid dienone is 1. The zero-order valence-corrected chi connectivity index (χ0v) is 6.51. The van der Waals surface area contributed by atoms with E-state index in [1.165, 1.54) is 0 Å². The van der Waals surface area contributed by atoms with E-state index in [2.05, 4.69) is 24.2 Å². The molecule has 0 bridgehead atoms. The van der Waals surface area contributed by atoms with Gasteiger partial charge in [-0.25, -0.2) is 0 Å². The van der Waals surface area contributed by atoms with Gasteiger partial charge in [-0.15, -0.1) is 12.6 Å². The summed E-state index contributed by atoms with van der Waals surface area (Å²) < 4.78 is 0. The smallest absolute Gasteiger partial charge is 0.0452 e. The Labute approximate surface area is 66.2 Å². The van der Waals surface area contributed by atoms with Gasteiger partial charge in [-0.3, -0.25) is 4.98 Å². The first-order valence-electron chi connectivity index (χ1n) is 3.05. The summed E-state index contributed by atoms with van der Waals surface area (Å²) in [7, 11) is 0. The molecule has 0 aliphatic heterocycles. The summed E-state index contributed by atoms with van der Waals surface area (Å²) >= 11 is 4.08. The van der Waals surface area contributed by atoms with Gasteiger partial charge in [0.05, 0.1) is 0 Å². The van der Waals surface area contributed by atoms with Crippen molar-refractivity contribution in [1.29, 1.82) is 0 Å². The van der Waals surface area contributed by atoms with Crippen LogP contribution in [0.1, 0.15) is 5.69 Å². The van der Waals surface area contributed by atoms with E-state index in [0.717, 1.165) is 17.0 Å². The van der Waals surface area contributed by atoms with Crippen molar-refractivity contribution in [1.82, 2.24) is 4.98 Å². The second kappa shape index (κ2) is 3.42. The maximum Gasteiger partial charge on any atom is 0.0452 e. The molecule has 0 atom stereocenters. The van der Waals surface area contributed by atoms with Crippen molar-refractivity contribution in [3.8, 4) is 0 Å². The van der Waals surface area contributed by atoms with Gasteiger partial charge in [-0.2, -0.15) is 0 Å². The zero-order valence-electron chi connectivity index (χ0n) is 5.62. The molecule has 0 spiro atoms. The van der Waals surface area contributed by atoms with Gasteiger partial charge in [0.1, 0.15) is 0 Å². The molecule has 1 heterocycles. The number of hydrogen-bond acceptors (Lipinski definition) is 2. The molecule has 0 aliphatic carbocycles. The number of rotatable bonds is 2. The van der Waals surface area contributed by atoms with Crippen LogP contribution < -0.4 is 0 Å². The predicted molar refractivity (Wildman–Crippen MR) is 46.1 cm³/mol. The van der Waals surface area contributed by atoms with Gasteiger partial charge in [0.15, 0.2) is 0 Å². The fourth-order valence-corrected chi connectivity index (χ4v) is 0.874. The Hall–Kier alpha value is -0.760. The average molecular weight is 151 g/mol. The fraction of sp³-hybridized carbons (Fsp3) is 0.125. The predicted octanol–water partition coefficient (Wildman–Crippen LogP) is 2.07. The van der Waals surface area contributed by atoms with E-state index in [1.54, 1.807) is 6.20 Å². The van der Waals surface area contributed by atoms with E-state index < -0.39 is 0 Å². The molecule has 0 saturated heterocycles. The summed E-state index contributed by atoms with van der Waals surface area (Å²) in [4.78, 5) is 4.96. The van der Waals surface area contributed by atoms with Gasteiger partial charge < -0.3 is 0 Å². The summed E-state index contributed by atoms with van der Waals surface area (Å²) in [6.07, 6.45) is 2.52. The molecule has 0 unspecified atom stereocenters. The maximum absolute atomic E-state index is 4.11. The monoisotopic (exact) mass is 151 g/mol. The largest absolute Gasteiger partial charge is 0.261 e. The Morgan fingerprint density at radius 1 is 1.60 bits per heavy atom. The molecule has 52 valence electrons. The first kappa shape index (κ1) is 7.35. The first-order valence-corrected chi connectivity index (χ1v) is 3.50. The van der Waals surface area contributed by atoms with Crippen LogP contribution in [-0.2, 0) is 6.42 Å². The van der Waals surface area contributed by atoms with Crippen LogP contribution >= 0.6 is 12.6 Å². The van der Waals surface area contributed by atoms with Crippen molar-refractivity contribution in [2.75, 3.05) is 0 Å². The van der Waals surface area contributed by atoms with E-state index in [0.29, 0.717) is 0 Å². The van der Waals surface area contributed by atoms with Gasteiger partial charge in [0.2, 0.25) is 0 Å². The third-order valence-corrected chi connectivity index (χ3v) is 1.27. The van der Waals surface area contributed by atoms with Crippen molar-refractivity contribution >= 4 is 12.6 Å². The quantitative estimate of drug-likeness (QED) is 0.638. The molecule has 0 amide bonds. The minimum atomic E-state index is 0.754. The second-order valence-corrected chi connectivity index (χ2v) is 2.70. The van der Waals surface area contributed by atoms with Crippen molar-refractivity contribution in [2.45, 2.75) is 6.42 Å². The molecule has 1 rings (SSSR count). The van der Waals surface area contributed by atoms with Crippen LogP contribution in [0, 0.1) is 0 Å². The Bertz CT molecular complexity index is 218. The van der Waals surface area contributed by atoms with Crippen molar-refractivity contribution in [2.24, 2.45) is 0 Å². The second-order valence-electron chi connectivity index (χ2n) is 2.06. The summed E-state index contributed by atoms with van der Waals surface area (Å²) in [5, 5.41) is 0. The lowest BCUT2D eigenvalue weighted by Gasteiger charge is -1.95. The van der Waals surface area contributed by atoms with Crippen molar-refractivity contribution in [3.05, 3.63) is 41.6 Å². The Morgan fingerprint density at radius 3 is 2.90 bits per heavy atom. The van der Waals surface area contributed by atoms with Crippen LogP contribution in [0.4, 0.5) is 0 Å². The van der Waals surface area contributed by atoms with Gasteiger partial charge in [-0.05, 0) is 17.0 Å². The molecule has 1 nitrogen and oxygen atoms in total. The minimum Gasteiger partial charge on any atom is -0.261 e.